The van der Waals surface area contributed by atoms with Gasteiger partial charge in [-0.25, -0.2) is 0 Å². The quantitative estimate of drug-likeness (QED) is 0.812. The van der Waals surface area contributed by atoms with Gasteiger partial charge in [-0.15, -0.1) is 0 Å². The molecule has 1 atom stereocenters. The summed E-state index contributed by atoms with van der Waals surface area (Å²) in [6.45, 7) is 0.402. The summed E-state index contributed by atoms with van der Waals surface area (Å²) in [5.74, 6) is -0.789. The van der Waals surface area contributed by atoms with Gasteiger partial charge < -0.3 is 4.90 Å². The molecular weight excluding hydrogens is 280 g/mol. The van der Waals surface area contributed by atoms with Crippen molar-refractivity contribution in [3.63, 3.8) is 0 Å². The molecule has 4 rings (SSSR count). The van der Waals surface area contributed by atoms with Crippen LogP contribution in [0, 0.1) is 0 Å². The summed E-state index contributed by atoms with van der Waals surface area (Å²) in [4.78, 5) is 37.8. The van der Waals surface area contributed by atoms with Crippen LogP contribution in [0.3, 0.4) is 0 Å². The fraction of sp³-hybridized carbons (Fsp3) is 0.235. The maximum atomic E-state index is 12.8. The van der Waals surface area contributed by atoms with E-state index in [4.69, 9.17) is 0 Å². The third kappa shape index (κ3) is 1.82. The lowest BCUT2D eigenvalue weighted by molar-refractivity contribution is -0.137. The summed E-state index contributed by atoms with van der Waals surface area (Å²) in [6, 6.07) is 11.0. The van der Waals surface area contributed by atoms with Crippen LogP contribution in [-0.2, 0) is 16.1 Å². The van der Waals surface area contributed by atoms with Crippen molar-refractivity contribution in [2.45, 2.75) is 25.4 Å². The third-order valence-corrected chi connectivity index (χ3v) is 4.41. The number of amides is 3. The van der Waals surface area contributed by atoms with Gasteiger partial charge in [-0.3, -0.25) is 19.7 Å². The van der Waals surface area contributed by atoms with Crippen molar-refractivity contribution in [1.82, 2.24) is 10.2 Å². The molecule has 5 nitrogen and oxygen atoms in total. The molecule has 0 spiro atoms. The van der Waals surface area contributed by atoms with E-state index in [1.165, 1.54) is 0 Å². The number of piperidine rings is 1. The minimum absolute atomic E-state index is 0.140. The number of benzene rings is 2. The lowest BCUT2D eigenvalue weighted by atomic mass is 9.92. The van der Waals surface area contributed by atoms with Gasteiger partial charge in [-0.1, -0.05) is 30.3 Å². The minimum atomic E-state index is -0.575. The molecule has 1 unspecified atom stereocenters. The molecule has 2 aromatic carbocycles. The van der Waals surface area contributed by atoms with Gasteiger partial charge in [0.2, 0.25) is 11.8 Å². The molecule has 0 radical (unpaired) electrons. The van der Waals surface area contributed by atoms with Gasteiger partial charge >= 0.3 is 0 Å². The summed E-state index contributed by atoms with van der Waals surface area (Å²) < 4.78 is 0. The summed E-state index contributed by atoms with van der Waals surface area (Å²) in [5, 5.41) is 4.33. The SMILES string of the molecule is O=C1CCC(N2Cc3cccc4cccc(c34)C2=O)C(=O)N1. The first-order chi connectivity index (χ1) is 10.6. The van der Waals surface area contributed by atoms with Crippen molar-refractivity contribution >= 4 is 28.5 Å². The predicted octanol–water partition coefficient (Wildman–Crippen LogP) is 1.60. The molecule has 3 amide bonds. The summed E-state index contributed by atoms with van der Waals surface area (Å²) >= 11 is 0. The molecule has 0 bridgehead atoms. The van der Waals surface area contributed by atoms with Crippen LogP contribution < -0.4 is 5.32 Å². The maximum Gasteiger partial charge on any atom is 0.255 e. The van der Waals surface area contributed by atoms with E-state index in [0.29, 0.717) is 18.5 Å². The highest BCUT2D eigenvalue weighted by molar-refractivity contribution is 6.12. The minimum Gasteiger partial charge on any atom is -0.322 e. The van der Waals surface area contributed by atoms with Crippen molar-refractivity contribution in [2.75, 3.05) is 0 Å². The summed E-state index contributed by atoms with van der Waals surface area (Å²) in [6.07, 6.45) is 0.653. The van der Waals surface area contributed by atoms with Gasteiger partial charge in [0.25, 0.3) is 5.91 Å². The molecular formula is C17H14N2O3. The Labute approximate surface area is 126 Å². The average Bonchev–Trinajstić information content (AvgIpc) is 2.51. The number of hydrogen-bond donors (Lipinski definition) is 1. The number of hydrogen-bond acceptors (Lipinski definition) is 3. The number of carbonyl (C=O) groups excluding carboxylic acids is 3. The fourth-order valence-corrected chi connectivity index (χ4v) is 3.37. The maximum absolute atomic E-state index is 12.8. The normalized spacial score (nSPS) is 21.2. The molecule has 2 aliphatic heterocycles. The number of nitrogens with one attached hydrogen (secondary N) is 1. The smallest absolute Gasteiger partial charge is 0.255 e. The second-order valence-corrected chi connectivity index (χ2v) is 5.72. The highest BCUT2D eigenvalue weighted by Crippen LogP contribution is 2.32. The van der Waals surface area contributed by atoms with Crippen molar-refractivity contribution < 1.29 is 14.4 Å². The van der Waals surface area contributed by atoms with Gasteiger partial charge in [0.15, 0.2) is 0 Å². The molecule has 1 N–H and O–H groups in total. The molecule has 1 fully saturated rings. The van der Waals surface area contributed by atoms with Crippen LogP contribution >= 0.6 is 0 Å². The number of rotatable bonds is 1. The molecule has 2 aromatic rings. The van der Waals surface area contributed by atoms with E-state index in [-0.39, 0.29) is 24.1 Å². The summed E-state index contributed by atoms with van der Waals surface area (Å²) in [5.41, 5.74) is 1.67. The second-order valence-electron chi connectivity index (χ2n) is 5.72. The zero-order valence-electron chi connectivity index (χ0n) is 11.8. The Kier molecular flexibility index (Phi) is 2.76. The Morgan fingerprint density at radius 3 is 2.59 bits per heavy atom. The van der Waals surface area contributed by atoms with E-state index in [9.17, 15) is 14.4 Å². The standard InChI is InChI=1S/C17H14N2O3/c20-14-8-7-13(16(21)18-14)19-9-11-5-1-3-10-4-2-6-12(15(10)11)17(19)22/h1-6,13H,7-9H2,(H,18,20,21). The second kappa shape index (κ2) is 4.66. The summed E-state index contributed by atoms with van der Waals surface area (Å²) in [7, 11) is 0. The molecule has 2 heterocycles. The van der Waals surface area contributed by atoms with Crippen molar-refractivity contribution in [3.8, 4) is 0 Å². The number of carbonyl (C=O) groups is 3. The van der Waals surface area contributed by atoms with Crippen LogP contribution in [0.15, 0.2) is 36.4 Å². The van der Waals surface area contributed by atoms with Gasteiger partial charge in [-0.2, -0.15) is 0 Å². The molecule has 5 heteroatoms. The Bertz CT molecular complexity index is 823. The topological polar surface area (TPSA) is 66.5 Å². The first-order valence-electron chi connectivity index (χ1n) is 7.30. The van der Waals surface area contributed by atoms with Crippen molar-refractivity contribution in [1.29, 1.82) is 0 Å². The Hall–Kier alpha value is -2.69. The zero-order valence-corrected chi connectivity index (χ0v) is 11.8. The molecule has 2 aliphatic rings. The highest BCUT2D eigenvalue weighted by atomic mass is 16.2. The largest absolute Gasteiger partial charge is 0.322 e. The van der Waals surface area contributed by atoms with Crippen molar-refractivity contribution in [3.05, 3.63) is 47.5 Å². The van der Waals surface area contributed by atoms with Gasteiger partial charge in [0.1, 0.15) is 6.04 Å². The Balaban J connectivity index is 1.78. The molecule has 22 heavy (non-hydrogen) atoms. The lowest BCUT2D eigenvalue weighted by Gasteiger charge is -2.36. The molecule has 0 aliphatic carbocycles. The lowest BCUT2D eigenvalue weighted by Crippen LogP contribution is -2.54. The third-order valence-electron chi connectivity index (χ3n) is 4.41. The van der Waals surface area contributed by atoms with E-state index in [1.54, 1.807) is 11.0 Å². The first kappa shape index (κ1) is 13.0. The molecule has 0 aromatic heterocycles. The predicted molar refractivity (Wildman–Crippen MR) is 80.0 cm³/mol. The van der Waals surface area contributed by atoms with E-state index in [0.717, 1.165) is 16.3 Å². The number of imide groups is 1. The van der Waals surface area contributed by atoms with Gasteiger partial charge in [0, 0.05) is 18.5 Å². The van der Waals surface area contributed by atoms with Gasteiger partial charge in [-0.05, 0) is 28.8 Å². The Morgan fingerprint density at radius 1 is 1.05 bits per heavy atom. The van der Waals surface area contributed by atoms with Crippen LogP contribution in [0.5, 0.6) is 0 Å². The molecule has 0 saturated carbocycles. The zero-order chi connectivity index (χ0) is 15.3. The van der Waals surface area contributed by atoms with Crippen LogP contribution in [0.4, 0.5) is 0 Å². The fourth-order valence-electron chi connectivity index (χ4n) is 3.37. The van der Waals surface area contributed by atoms with Crippen LogP contribution in [0.1, 0.15) is 28.8 Å². The van der Waals surface area contributed by atoms with Crippen LogP contribution in [0.2, 0.25) is 0 Å². The van der Waals surface area contributed by atoms with E-state index >= 15 is 0 Å². The highest BCUT2D eigenvalue weighted by Gasteiger charge is 2.37. The van der Waals surface area contributed by atoms with Crippen LogP contribution in [-0.4, -0.2) is 28.7 Å². The van der Waals surface area contributed by atoms with E-state index in [2.05, 4.69) is 5.32 Å². The first-order valence-corrected chi connectivity index (χ1v) is 7.30. The molecule has 1 saturated heterocycles. The number of nitrogens with zero attached hydrogens (tertiary/aromatic N) is 1. The monoisotopic (exact) mass is 294 g/mol. The van der Waals surface area contributed by atoms with Crippen molar-refractivity contribution in [2.24, 2.45) is 0 Å². The van der Waals surface area contributed by atoms with E-state index < -0.39 is 6.04 Å². The Morgan fingerprint density at radius 2 is 1.82 bits per heavy atom. The van der Waals surface area contributed by atoms with E-state index in [1.807, 2.05) is 30.3 Å². The average molecular weight is 294 g/mol. The van der Waals surface area contributed by atoms with Gasteiger partial charge in [0.05, 0.1) is 0 Å². The molecule has 110 valence electrons. The van der Waals surface area contributed by atoms with Crippen LogP contribution in [0.25, 0.3) is 10.8 Å².